The highest BCUT2D eigenvalue weighted by Gasteiger charge is 2.13. The second-order valence-corrected chi connectivity index (χ2v) is 3.70. The summed E-state index contributed by atoms with van der Waals surface area (Å²) in [5.41, 5.74) is 0.733. The molecular formula is C13H9NO5. The van der Waals surface area contributed by atoms with Crippen LogP contribution in [0.15, 0.2) is 46.2 Å². The summed E-state index contributed by atoms with van der Waals surface area (Å²) in [4.78, 5) is 16.1. The van der Waals surface area contributed by atoms with E-state index in [1.165, 1.54) is 18.5 Å². The first kappa shape index (κ1) is 11.3. The Morgan fingerprint density at radius 3 is 3.00 bits per heavy atom. The van der Waals surface area contributed by atoms with E-state index < -0.39 is 5.97 Å². The molecule has 0 saturated carbocycles. The van der Waals surface area contributed by atoms with Crippen LogP contribution in [0, 0.1) is 0 Å². The molecule has 19 heavy (non-hydrogen) atoms. The molecule has 0 N–H and O–H groups in total. The van der Waals surface area contributed by atoms with Crippen molar-refractivity contribution >= 4 is 12.2 Å². The Morgan fingerprint density at radius 1 is 1.26 bits per heavy atom. The van der Waals surface area contributed by atoms with Gasteiger partial charge in [-0.15, -0.1) is 0 Å². The van der Waals surface area contributed by atoms with Crippen LogP contribution in [0.3, 0.4) is 0 Å². The Bertz CT molecular complexity index is 618. The average molecular weight is 259 g/mol. The average Bonchev–Trinajstić information content (AvgIpc) is 3.09. The second kappa shape index (κ2) is 4.85. The molecule has 6 nitrogen and oxygen atoms in total. The largest absolute Gasteiger partial charge is 0.457 e. The number of ether oxygens (including phenoxy) is 2. The summed E-state index contributed by atoms with van der Waals surface area (Å²) in [7, 11) is 0. The molecule has 0 amide bonds. The molecule has 3 rings (SSSR count). The molecule has 1 aliphatic heterocycles. The van der Waals surface area contributed by atoms with Crippen LogP contribution in [0.5, 0.6) is 11.5 Å². The Balaban J connectivity index is 1.65. The van der Waals surface area contributed by atoms with Gasteiger partial charge in [-0.05, 0) is 30.3 Å². The lowest BCUT2D eigenvalue weighted by Gasteiger charge is -1.97. The van der Waals surface area contributed by atoms with Crippen LogP contribution in [0.2, 0.25) is 0 Å². The standard InChI is InChI=1S/C13H9NO5/c15-13(11-2-1-5-16-11)19-14-7-9-3-4-10-12(6-9)18-8-17-10/h1-7H,8H2. The third-order valence-corrected chi connectivity index (χ3v) is 2.46. The van der Waals surface area contributed by atoms with Gasteiger partial charge < -0.3 is 18.7 Å². The Kier molecular flexibility index (Phi) is 2.89. The number of rotatable bonds is 3. The fourth-order valence-corrected chi connectivity index (χ4v) is 1.57. The van der Waals surface area contributed by atoms with Gasteiger partial charge >= 0.3 is 5.97 Å². The first-order chi connectivity index (χ1) is 9.33. The molecule has 0 bridgehead atoms. The van der Waals surface area contributed by atoms with Gasteiger partial charge in [-0.1, -0.05) is 5.16 Å². The van der Waals surface area contributed by atoms with Crippen LogP contribution in [0.4, 0.5) is 0 Å². The molecule has 96 valence electrons. The summed E-state index contributed by atoms with van der Waals surface area (Å²) in [5, 5.41) is 3.59. The van der Waals surface area contributed by atoms with Gasteiger partial charge in [0.05, 0.1) is 12.5 Å². The summed E-state index contributed by atoms with van der Waals surface area (Å²) in [6.45, 7) is 0.212. The number of oxime groups is 1. The molecule has 6 heteroatoms. The van der Waals surface area contributed by atoms with Gasteiger partial charge in [0.25, 0.3) is 0 Å². The second-order valence-electron chi connectivity index (χ2n) is 3.70. The first-order valence-electron chi connectivity index (χ1n) is 5.51. The van der Waals surface area contributed by atoms with Gasteiger partial charge in [-0.3, -0.25) is 0 Å². The molecule has 1 aromatic heterocycles. The van der Waals surface area contributed by atoms with Crippen molar-refractivity contribution in [2.45, 2.75) is 0 Å². The molecule has 0 unspecified atom stereocenters. The van der Waals surface area contributed by atoms with Crippen LogP contribution in [-0.2, 0) is 4.84 Å². The maximum atomic E-state index is 11.4. The highest BCUT2D eigenvalue weighted by molar-refractivity contribution is 5.87. The molecule has 1 aromatic carbocycles. The van der Waals surface area contributed by atoms with Crippen molar-refractivity contribution in [2.24, 2.45) is 5.16 Å². The van der Waals surface area contributed by atoms with Crippen molar-refractivity contribution in [1.29, 1.82) is 0 Å². The summed E-state index contributed by atoms with van der Waals surface area (Å²) in [6.07, 6.45) is 2.79. The van der Waals surface area contributed by atoms with E-state index in [0.717, 1.165) is 5.56 Å². The van der Waals surface area contributed by atoms with Crippen LogP contribution >= 0.6 is 0 Å². The number of fused-ring (bicyclic) bond motifs is 1. The zero-order valence-electron chi connectivity index (χ0n) is 9.74. The van der Waals surface area contributed by atoms with Gasteiger partial charge in [0.2, 0.25) is 12.6 Å². The van der Waals surface area contributed by atoms with Crippen molar-refractivity contribution in [3.8, 4) is 11.5 Å². The molecule has 0 fully saturated rings. The van der Waals surface area contributed by atoms with E-state index >= 15 is 0 Å². The van der Waals surface area contributed by atoms with E-state index in [0.29, 0.717) is 11.5 Å². The fraction of sp³-hybridized carbons (Fsp3) is 0.0769. The van der Waals surface area contributed by atoms with Gasteiger partial charge in [0.15, 0.2) is 11.5 Å². The molecule has 0 radical (unpaired) electrons. The molecular weight excluding hydrogens is 250 g/mol. The smallest absolute Gasteiger partial charge is 0.400 e. The number of hydrogen-bond donors (Lipinski definition) is 0. The van der Waals surface area contributed by atoms with E-state index in [4.69, 9.17) is 13.9 Å². The van der Waals surface area contributed by atoms with E-state index in [1.54, 1.807) is 24.3 Å². The predicted molar refractivity (Wildman–Crippen MR) is 64.3 cm³/mol. The molecule has 0 atom stereocenters. The van der Waals surface area contributed by atoms with Gasteiger partial charge in [0.1, 0.15) is 0 Å². The van der Waals surface area contributed by atoms with Crippen molar-refractivity contribution in [1.82, 2.24) is 0 Å². The van der Waals surface area contributed by atoms with Gasteiger partial charge in [0, 0.05) is 5.56 Å². The predicted octanol–water partition coefficient (Wildman–Crippen LogP) is 2.20. The van der Waals surface area contributed by atoms with E-state index in [2.05, 4.69) is 9.99 Å². The molecule has 2 heterocycles. The van der Waals surface area contributed by atoms with Crippen molar-refractivity contribution in [3.63, 3.8) is 0 Å². The summed E-state index contributed by atoms with van der Waals surface area (Å²) >= 11 is 0. The Hall–Kier alpha value is -2.76. The van der Waals surface area contributed by atoms with Crippen LogP contribution in [-0.4, -0.2) is 19.0 Å². The maximum absolute atomic E-state index is 11.4. The number of carbonyl (C=O) groups is 1. The number of furan rings is 1. The molecule has 1 aliphatic rings. The molecule has 2 aromatic rings. The zero-order chi connectivity index (χ0) is 13.1. The van der Waals surface area contributed by atoms with Crippen molar-refractivity contribution < 1.29 is 23.5 Å². The Morgan fingerprint density at radius 2 is 2.16 bits per heavy atom. The molecule has 0 saturated heterocycles. The SMILES string of the molecule is O=C(ON=Cc1ccc2c(c1)OCO2)c1ccco1. The van der Waals surface area contributed by atoms with E-state index in [9.17, 15) is 4.79 Å². The summed E-state index contributed by atoms with van der Waals surface area (Å²) < 4.78 is 15.3. The lowest BCUT2D eigenvalue weighted by Crippen LogP contribution is -1.98. The zero-order valence-corrected chi connectivity index (χ0v) is 9.74. The molecule has 0 spiro atoms. The van der Waals surface area contributed by atoms with Gasteiger partial charge in [-0.2, -0.15) is 0 Å². The van der Waals surface area contributed by atoms with Crippen molar-refractivity contribution in [3.05, 3.63) is 47.9 Å². The Labute approximate surface area is 108 Å². The quantitative estimate of drug-likeness (QED) is 0.480. The highest BCUT2D eigenvalue weighted by Crippen LogP contribution is 2.31. The van der Waals surface area contributed by atoms with Crippen LogP contribution in [0.25, 0.3) is 0 Å². The fourth-order valence-electron chi connectivity index (χ4n) is 1.57. The summed E-state index contributed by atoms with van der Waals surface area (Å²) in [6, 6.07) is 8.37. The number of benzene rings is 1. The minimum atomic E-state index is -0.651. The normalized spacial score (nSPS) is 12.8. The number of carbonyl (C=O) groups excluding carboxylic acids is 1. The third kappa shape index (κ3) is 2.42. The number of nitrogens with zero attached hydrogens (tertiary/aromatic N) is 1. The van der Waals surface area contributed by atoms with Crippen LogP contribution in [0.1, 0.15) is 16.1 Å². The maximum Gasteiger partial charge on any atom is 0.400 e. The lowest BCUT2D eigenvalue weighted by atomic mass is 10.2. The highest BCUT2D eigenvalue weighted by atomic mass is 16.7. The third-order valence-electron chi connectivity index (χ3n) is 2.46. The van der Waals surface area contributed by atoms with E-state index in [1.807, 2.05) is 0 Å². The molecule has 0 aliphatic carbocycles. The minimum absolute atomic E-state index is 0.0998. The monoisotopic (exact) mass is 259 g/mol. The number of hydrogen-bond acceptors (Lipinski definition) is 6. The lowest BCUT2D eigenvalue weighted by molar-refractivity contribution is 0.0483. The van der Waals surface area contributed by atoms with Crippen LogP contribution < -0.4 is 9.47 Å². The summed E-state index contributed by atoms with van der Waals surface area (Å²) in [5.74, 6) is 0.774. The topological polar surface area (TPSA) is 70.3 Å². The minimum Gasteiger partial charge on any atom is -0.457 e. The first-order valence-corrected chi connectivity index (χ1v) is 5.51. The van der Waals surface area contributed by atoms with Gasteiger partial charge in [-0.25, -0.2) is 4.79 Å². The van der Waals surface area contributed by atoms with Crippen molar-refractivity contribution in [2.75, 3.05) is 6.79 Å². The van der Waals surface area contributed by atoms with E-state index in [-0.39, 0.29) is 12.6 Å².